The first-order chi connectivity index (χ1) is 33.0. The van der Waals surface area contributed by atoms with Gasteiger partial charge in [0.15, 0.2) is 11.4 Å². The molecule has 11 atom stereocenters. The van der Waals surface area contributed by atoms with Crippen LogP contribution in [0.4, 0.5) is 4.79 Å². The minimum absolute atomic E-state index is 0.0396. The predicted octanol–water partition coefficient (Wildman–Crippen LogP) is 5.56. The Kier molecular flexibility index (Phi) is 16.7. The molecule has 0 radical (unpaired) electrons. The third-order valence-electron chi connectivity index (χ3n) is 14.2. The Morgan fingerprint density at radius 3 is 2.11 bits per heavy atom. The van der Waals surface area contributed by atoms with Crippen LogP contribution >= 0.6 is 0 Å². The van der Waals surface area contributed by atoms with Crippen molar-refractivity contribution in [3.63, 3.8) is 0 Å². The summed E-state index contributed by atoms with van der Waals surface area (Å²) in [5, 5.41) is 16.7. The zero-order valence-electron chi connectivity index (χ0n) is 42.0. The van der Waals surface area contributed by atoms with Gasteiger partial charge in [-0.2, -0.15) is 0 Å². The molecule has 1 aliphatic heterocycles. The fourth-order valence-electron chi connectivity index (χ4n) is 10.9. The summed E-state index contributed by atoms with van der Waals surface area (Å²) in [7, 11) is 2.77. The number of ketones is 1. The number of amides is 1. The molecule has 1 saturated heterocycles. The van der Waals surface area contributed by atoms with Gasteiger partial charge in [0.2, 0.25) is 6.10 Å². The number of esters is 4. The van der Waals surface area contributed by atoms with Gasteiger partial charge in [-0.05, 0) is 69.9 Å². The van der Waals surface area contributed by atoms with Crippen LogP contribution in [-0.2, 0) is 66.5 Å². The Morgan fingerprint density at radius 1 is 0.900 bits per heavy atom. The second-order valence-electron chi connectivity index (χ2n) is 20.1. The van der Waals surface area contributed by atoms with E-state index in [1.165, 1.54) is 33.3 Å². The van der Waals surface area contributed by atoms with Crippen LogP contribution in [0.2, 0.25) is 0 Å². The first kappa shape index (κ1) is 54.1. The van der Waals surface area contributed by atoms with E-state index in [1.54, 1.807) is 97.0 Å². The number of benzene rings is 2. The molecule has 3 aliphatic carbocycles. The SMILES string of the molecule is CCCOCCOCC(=O)O[C@@H](C(=O)O[C@H]1C[C@@]2(O)[C@@H](OC(=O)c3ccccc3)[C@@H]3[C@]4(OC(C)=O)CO[C@@H]4C[C@H](OC)[C@@]3(C)C(=O)[C@H](OC)C(=C1C)C2(C)C)[C@@H](NC(=O)OC(C)(C)C)c1ccccc1. The molecule has 1 amide bonds. The lowest BCUT2D eigenvalue weighted by molar-refractivity contribution is -0.347. The lowest BCUT2D eigenvalue weighted by atomic mass is 9.44. The molecule has 0 unspecified atom stereocenters. The average molecular weight is 980 g/mol. The number of hydrogen-bond acceptors (Lipinski definition) is 17. The van der Waals surface area contributed by atoms with Crippen molar-refractivity contribution in [2.24, 2.45) is 16.7 Å². The van der Waals surface area contributed by atoms with Gasteiger partial charge in [0.1, 0.15) is 48.3 Å². The highest BCUT2D eigenvalue weighted by Gasteiger charge is 2.78. The van der Waals surface area contributed by atoms with E-state index in [1.807, 2.05) is 6.92 Å². The zero-order valence-corrected chi connectivity index (χ0v) is 42.0. The summed E-state index contributed by atoms with van der Waals surface area (Å²) in [6, 6.07) is 14.9. The number of carbonyl (C=O) groups is 6. The largest absolute Gasteiger partial charge is 0.455 e. The molecule has 3 fully saturated rings. The molecule has 384 valence electrons. The van der Waals surface area contributed by atoms with Gasteiger partial charge >= 0.3 is 30.0 Å². The minimum Gasteiger partial charge on any atom is -0.455 e. The van der Waals surface area contributed by atoms with Crippen molar-refractivity contribution < 1.29 is 81.2 Å². The number of fused-ring (bicyclic) bond motifs is 5. The molecule has 1 heterocycles. The van der Waals surface area contributed by atoms with Crippen molar-refractivity contribution in [1.29, 1.82) is 0 Å². The normalized spacial score (nSPS) is 29.9. The summed E-state index contributed by atoms with van der Waals surface area (Å²) in [5.41, 5.74) is -7.18. The molecule has 2 aromatic rings. The molecule has 4 aliphatic rings. The van der Waals surface area contributed by atoms with Crippen molar-refractivity contribution in [2.45, 2.75) is 141 Å². The number of nitrogens with one attached hydrogen (secondary N) is 1. The Morgan fingerprint density at radius 2 is 1.54 bits per heavy atom. The molecule has 0 spiro atoms. The molecule has 2 bridgehead atoms. The molecule has 18 heteroatoms. The number of Topliss-reactive ketones (excluding diaryl/α,β-unsaturated/α-hetero) is 1. The molecule has 2 N–H and O–H groups in total. The Bertz CT molecular complexity index is 2260. The number of ether oxygens (including phenoxy) is 10. The van der Waals surface area contributed by atoms with Gasteiger partial charge in [-0.15, -0.1) is 0 Å². The van der Waals surface area contributed by atoms with Gasteiger partial charge in [-0.1, -0.05) is 69.3 Å². The first-order valence-corrected chi connectivity index (χ1v) is 23.7. The van der Waals surface area contributed by atoms with Gasteiger partial charge in [0, 0.05) is 46.0 Å². The third kappa shape index (κ3) is 10.5. The Balaban J connectivity index is 1.51. The van der Waals surface area contributed by atoms with Crippen LogP contribution < -0.4 is 5.32 Å². The summed E-state index contributed by atoms with van der Waals surface area (Å²) in [5.74, 6) is -5.63. The lowest BCUT2D eigenvalue weighted by Crippen LogP contribution is -2.82. The zero-order chi connectivity index (χ0) is 51.4. The van der Waals surface area contributed by atoms with Gasteiger partial charge in [-0.3, -0.25) is 9.59 Å². The van der Waals surface area contributed by atoms with Gasteiger partial charge in [-0.25, -0.2) is 19.2 Å². The summed E-state index contributed by atoms with van der Waals surface area (Å²) in [6.07, 6.45) is -8.86. The number of carbonyl (C=O) groups excluding carboxylic acids is 6. The first-order valence-electron chi connectivity index (χ1n) is 23.7. The van der Waals surface area contributed by atoms with Crippen molar-refractivity contribution in [3.05, 3.63) is 82.9 Å². The third-order valence-corrected chi connectivity index (χ3v) is 14.2. The van der Waals surface area contributed by atoms with E-state index in [4.69, 9.17) is 47.4 Å². The van der Waals surface area contributed by atoms with Crippen molar-refractivity contribution >= 4 is 35.8 Å². The fraction of sp³-hybridized carbons (Fsp3) is 0.615. The van der Waals surface area contributed by atoms with Crippen molar-refractivity contribution in [2.75, 3.05) is 47.3 Å². The van der Waals surface area contributed by atoms with Crippen LogP contribution in [0.25, 0.3) is 0 Å². The second-order valence-corrected chi connectivity index (χ2v) is 20.1. The summed E-state index contributed by atoms with van der Waals surface area (Å²) in [6.45, 7) is 14.7. The van der Waals surface area contributed by atoms with E-state index in [-0.39, 0.29) is 37.4 Å². The maximum atomic E-state index is 15.8. The van der Waals surface area contributed by atoms with Gasteiger partial charge in [0.25, 0.3) is 0 Å². The average Bonchev–Trinajstić information content (AvgIpc) is 3.30. The highest BCUT2D eigenvalue weighted by Crippen LogP contribution is 2.65. The number of rotatable bonds is 18. The van der Waals surface area contributed by atoms with Crippen LogP contribution in [0.3, 0.4) is 0 Å². The number of methoxy groups -OCH3 is 2. The maximum absolute atomic E-state index is 15.8. The molecule has 2 aromatic carbocycles. The fourth-order valence-corrected chi connectivity index (χ4v) is 10.9. The minimum atomic E-state index is -2.29. The van der Waals surface area contributed by atoms with Crippen molar-refractivity contribution in [1.82, 2.24) is 5.32 Å². The molecule has 0 aromatic heterocycles. The summed E-state index contributed by atoms with van der Waals surface area (Å²) < 4.78 is 60.0. The van der Waals surface area contributed by atoms with E-state index in [2.05, 4.69) is 5.32 Å². The van der Waals surface area contributed by atoms with Crippen LogP contribution in [0.1, 0.15) is 104 Å². The second kappa shape index (κ2) is 21.6. The van der Waals surface area contributed by atoms with E-state index >= 15 is 9.59 Å². The molecule has 6 rings (SSSR count). The molecule has 70 heavy (non-hydrogen) atoms. The monoisotopic (exact) mass is 979 g/mol. The number of alkyl carbamates (subject to hydrolysis) is 1. The number of hydrogen-bond donors (Lipinski definition) is 2. The topological polar surface area (TPSA) is 227 Å². The molecular weight excluding hydrogens is 911 g/mol. The van der Waals surface area contributed by atoms with Crippen LogP contribution in [0, 0.1) is 16.7 Å². The van der Waals surface area contributed by atoms with Crippen molar-refractivity contribution in [3.8, 4) is 0 Å². The van der Waals surface area contributed by atoms with Gasteiger partial charge in [0.05, 0.1) is 42.8 Å². The lowest BCUT2D eigenvalue weighted by Gasteiger charge is -2.67. The van der Waals surface area contributed by atoms with Crippen LogP contribution in [0.5, 0.6) is 0 Å². The van der Waals surface area contributed by atoms with E-state index in [0.29, 0.717) is 17.7 Å². The smallest absolute Gasteiger partial charge is 0.408 e. The van der Waals surface area contributed by atoms with Gasteiger partial charge < -0.3 is 57.8 Å². The highest BCUT2D eigenvalue weighted by molar-refractivity contribution is 5.94. The standard InChI is InChI=1S/C52H69NO17/c1-12-23-63-24-25-64-28-37(55)67-41(39(32-19-15-13-16-20-32)53-47(59)70-48(4,5)6)46(58)66-34-27-52(60)44(68-45(57)33-21-17-14-18-22-33)42-50(9,43(56)40(62-11)38(30(34)2)49(52,7)8)35(61-10)26-36-51(42,29-65-36)69-31(3)54/h13-22,34-36,39-42,44,60H,12,23-29H2,1-11H3,(H,53,59)/t34-,35-,36+,39-,40+,41+,42-,44-,50+,51-,52+/m0/s1. The van der Waals surface area contributed by atoms with E-state index < -0.39 is 125 Å². The molecule has 18 nitrogen and oxygen atoms in total. The Hall–Kier alpha value is -5.24. The van der Waals surface area contributed by atoms with Crippen LogP contribution in [0.15, 0.2) is 71.8 Å². The summed E-state index contributed by atoms with van der Waals surface area (Å²) >= 11 is 0. The Labute approximate surface area is 409 Å². The number of aliphatic hydroxyl groups is 1. The quantitative estimate of drug-likeness (QED) is 0.0806. The highest BCUT2D eigenvalue weighted by atomic mass is 16.6. The summed E-state index contributed by atoms with van der Waals surface area (Å²) in [4.78, 5) is 85.8. The molecule has 2 saturated carbocycles. The molecular formula is C52H69NO17. The van der Waals surface area contributed by atoms with E-state index in [9.17, 15) is 24.3 Å². The predicted molar refractivity (Wildman–Crippen MR) is 249 cm³/mol. The van der Waals surface area contributed by atoms with E-state index in [0.717, 1.165) is 6.42 Å². The maximum Gasteiger partial charge on any atom is 0.408 e. The van der Waals surface area contributed by atoms with Crippen LogP contribution in [-0.4, -0.2) is 142 Å².